The second-order valence-electron chi connectivity index (χ2n) is 5.43. The molecule has 0 spiro atoms. The van der Waals surface area contributed by atoms with Crippen molar-refractivity contribution in [2.75, 3.05) is 32.1 Å². The summed E-state index contributed by atoms with van der Waals surface area (Å²) in [5.74, 6) is 0.281. The van der Waals surface area contributed by atoms with Gasteiger partial charge in [0, 0.05) is 12.2 Å². The molecule has 1 heterocycles. The largest absolute Gasteiger partial charge is 0.459 e. The van der Waals surface area contributed by atoms with Gasteiger partial charge in [-0.2, -0.15) is 0 Å². The van der Waals surface area contributed by atoms with E-state index in [0.717, 1.165) is 18.7 Å². The van der Waals surface area contributed by atoms with Crippen molar-refractivity contribution >= 4 is 11.6 Å². The van der Waals surface area contributed by atoms with Crippen LogP contribution in [0.4, 0.5) is 5.69 Å². The third-order valence-corrected chi connectivity index (χ3v) is 3.31. The van der Waals surface area contributed by atoms with E-state index in [0.29, 0.717) is 12.3 Å². The monoisotopic (exact) mass is 286 g/mol. The van der Waals surface area contributed by atoms with E-state index in [2.05, 4.69) is 4.90 Å². The lowest BCUT2D eigenvalue weighted by Gasteiger charge is -2.23. The van der Waals surface area contributed by atoms with Crippen molar-refractivity contribution in [3.05, 3.63) is 54.0 Å². The molecule has 0 saturated carbocycles. The van der Waals surface area contributed by atoms with Crippen LogP contribution in [0.25, 0.3) is 0 Å². The molecule has 0 fully saturated rings. The number of carbonyl (C=O) groups is 1. The molecule has 0 aliphatic carbocycles. The molecule has 2 rings (SSSR count). The number of rotatable bonds is 6. The second-order valence-corrected chi connectivity index (χ2v) is 5.43. The summed E-state index contributed by atoms with van der Waals surface area (Å²) in [5, 5.41) is 0. The number of amides is 1. The van der Waals surface area contributed by atoms with Gasteiger partial charge in [-0.25, -0.2) is 0 Å². The van der Waals surface area contributed by atoms with Crippen LogP contribution in [-0.4, -0.2) is 38.0 Å². The molecular formula is C17H22N2O2. The molecule has 0 aliphatic heterocycles. The lowest BCUT2D eigenvalue weighted by atomic mass is 10.2. The van der Waals surface area contributed by atoms with Crippen LogP contribution < -0.4 is 4.90 Å². The van der Waals surface area contributed by atoms with Crippen molar-refractivity contribution < 1.29 is 9.21 Å². The highest BCUT2D eigenvalue weighted by molar-refractivity contribution is 6.04. The maximum absolute atomic E-state index is 12.6. The lowest BCUT2D eigenvalue weighted by Crippen LogP contribution is -2.33. The first-order valence-electron chi connectivity index (χ1n) is 7.14. The summed E-state index contributed by atoms with van der Waals surface area (Å²) in [6.07, 6.45) is 2.44. The van der Waals surface area contributed by atoms with Crippen molar-refractivity contribution in [2.45, 2.75) is 13.3 Å². The van der Waals surface area contributed by atoms with Gasteiger partial charge in [-0.15, -0.1) is 0 Å². The van der Waals surface area contributed by atoms with E-state index in [4.69, 9.17) is 4.42 Å². The van der Waals surface area contributed by atoms with Gasteiger partial charge in [-0.3, -0.25) is 4.79 Å². The summed E-state index contributed by atoms with van der Waals surface area (Å²) in [6.45, 7) is 3.64. The number of benzene rings is 1. The molecule has 0 bridgehead atoms. The molecule has 0 N–H and O–H groups in total. The van der Waals surface area contributed by atoms with Gasteiger partial charge in [-0.05, 0) is 58.3 Å². The molecule has 0 radical (unpaired) electrons. The first kappa shape index (κ1) is 15.3. The van der Waals surface area contributed by atoms with Crippen LogP contribution in [0.1, 0.15) is 22.5 Å². The Balaban J connectivity index is 2.17. The number of furan rings is 1. The third kappa shape index (κ3) is 4.20. The number of carbonyl (C=O) groups excluding carboxylic acids is 1. The molecule has 0 atom stereocenters. The van der Waals surface area contributed by atoms with Crippen LogP contribution in [0.2, 0.25) is 0 Å². The minimum absolute atomic E-state index is 0.0948. The number of aryl methyl sites for hydroxylation is 1. The molecule has 21 heavy (non-hydrogen) atoms. The second kappa shape index (κ2) is 7.09. The minimum atomic E-state index is -0.0948. The van der Waals surface area contributed by atoms with E-state index in [1.807, 2.05) is 45.3 Å². The predicted octanol–water partition coefficient (Wildman–Crippen LogP) is 3.19. The lowest BCUT2D eigenvalue weighted by molar-refractivity contribution is 0.0959. The van der Waals surface area contributed by atoms with Crippen molar-refractivity contribution in [1.29, 1.82) is 0 Å². The quantitative estimate of drug-likeness (QED) is 0.818. The molecule has 1 aromatic carbocycles. The van der Waals surface area contributed by atoms with Crippen LogP contribution in [0.3, 0.4) is 0 Å². The van der Waals surface area contributed by atoms with Crippen molar-refractivity contribution in [1.82, 2.24) is 4.90 Å². The Kier molecular flexibility index (Phi) is 5.17. The highest BCUT2D eigenvalue weighted by Gasteiger charge is 2.19. The fraction of sp³-hybridized carbons (Fsp3) is 0.353. The van der Waals surface area contributed by atoms with Crippen LogP contribution in [-0.2, 0) is 0 Å². The molecule has 0 unspecified atom stereocenters. The van der Waals surface area contributed by atoms with Crippen LogP contribution in [0.5, 0.6) is 0 Å². The van der Waals surface area contributed by atoms with Crippen LogP contribution in [0.15, 0.2) is 47.1 Å². The Morgan fingerprint density at radius 1 is 1.10 bits per heavy atom. The first-order valence-corrected chi connectivity index (χ1v) is 7.14. The number of anilines is 1. The van der Waals surface area contributed by atoms with Gasteiger partial charge in [0.1, 0.15) is 0 Å². The SMILES string of the molecule is Cc1ccc(N(CCCN(C)C)C(=O)c2ccco2)cc1. The molecule has 112 valence electrons. The summed E-state index contributed by atoms with van der Waals surface area (Å²) >= 11 is 0. The summed E-state index contributed by atoms with van der Waals surface area (Å²) in [4.78, 5) is 16.5. The third-order valence-electron chi connectivity index (χ3n) is 3.31. The van der Waals surface area contributed by atoms with Gasteiger partial charge < -0.3 is 14.2 Å². The van der Waals surface area contributed by atoms with Gasteiger partial charge in [0.05, 0.1) is 6.26 Å². The Labute approximate surface area is 126 Å². The highest BCUT2D eigenvalue weighted by atomic mass is 16.3. The molecular weight excluding hydrogens is 264 g/mol. The Bertz CT molecular complexity index is 559. The van der Waals surface area contributed by atoms with E-state index in [-0.39, 0.29) is 5.91 Å². The molecule has 0 saturated heterocycles. The number of hydrogen-bond acceptors (Lipinski definition) is 3. The van der Waals surface area contributed by atoms with Gasteiger partial charge in [0.15, 0.2) is 5.76 Å². The molecule has 0 aliphatic rings. The van der Waals surface area contributed by atoms with E-state index in [9.17, 15) is 4.79 Å². The number of nitrogens with zero attached hydrogens (tertiary/aromatic N) is 2. The normalized spacial score (nSPS) is 10.9. The summed E-state index contributed by atoms with van der Waals surface area (Å²) in [7, 11) is 4.06. The maximum Gasteiger partial charge on any atom is 0.293 e. The van der Waals surface area contributed by atoms with Gasteiger partial charge in [0.25, 0.3) is 5.91 Å². The van der Waals surface area contributed by atoms with E-state index in [1.54, 1.807) is 17.0 Å². The van der Waals surface area contributed by atoms with E-state index >= 15 is 0 Å². The zero-order chi connectivity index (χ0) is 15.2. The standard InChI is InChI=1S/C17H22N2O2/c1-14-7-9-15(10-8-14)19(12-5-11-18(2)3)17(20)16-6-4-13-21-16/h4,6-10,13H,5,11-12H2,1-3H3. The van der Waals surface area contributed by atoms with Crippen LogP contribution >= 0.6 is 0 Å². The smallest absolute Gasteiger partial charge is 0.293 e. The summed E-state index contributed by atoms with van der Waals surface area (Å²) < 4.78 is 5.25. The van der Waals surface area contributed by atoms with Gasteiger partial charge >= 0.3 is 0 Å². The summed E-state index contributed by atoms with van der Waals surface area (Å²) in [5.41, 5.74) is 2.08. The zero-order valence-electron chi connectivity index (χ0n) is 12.9. The molecule has 1 amide bonds. The average Bonchev–Trinajstić information content (AvgIpc) is 2.98. The fourth-order valence-corrected chi connectivity index (χ4v) is 2.15. The average molecular weight is 286 g/mol. The molecule has 2 aromatic rings. The molecule has 4 heteroatoms. The molecule has 1 aromatic heterocycles. The van der Waals surface area contributed by atoms with E-state index < -0.39 is 0 Å². The Morgan fingerprint density at radius 2 is 1.81 bits per heavy atom. The Morgan fingerprint density at radius 3 is 2.38 bits per heavy atom. The zero-order valence-corrected chi connectivity index (χ0v) is 12.9. The number of hydrogen-bond donors (Lipinski definition) is 0. The minimum Gasteiger partial charge on any atom is -0.459 e. The Hall–Kier alpha value is -2.07. The van der Waals surface area contributed by atoms with Crippen molar-refractivity contribution in [3.8, 4) is 0 Å². The van der Waals surface area contributed by atoms with Crippen molar-refractivity contribution in [2.24, 2.45) is 0 Å². The van der Waals surface area contributed by atoms with Crippen LogP contribution in [0, 0.1) is 6.92 Å². The highest BCUT2D eigenvalue weighted by Crippen LogP contribution is 2.19. The topological polar surface area (TPSA) is 36.7 Å². The summed E-state index contributed by atoms with van der Waals surface area (Å²) in [6, 6.07) is 11.4. The van der Waals surface area contributed by atoms with E-state index in [1.165, 1.54) is 11.8 Å². The van der Waals surface area contributed by atoms with Gasteiger partial charge in [0.2, 0.25) is 0 Å². The maximum atomic E-state index is 12.6. The van der Waals surface area contributed by atoms with Gasteiger partial charge in [-0.1, -0.05) is 17.7 Å². The predicted molar refractivity (Wildman–Crippen MR) is 84.7 cm³/mol. The first-order chi connectivity index (χ1) is 10.1. The van der Waals surface area contributed by atoms with Crippen molar-refractivity contribution in [3.63, 3.8) is 0 Å². The molecule has 4 nitrogen and oxygen atoms in total. The fourth-order valence-electron chi connectivity index (χ4n) is 2.15.